The standard InChI is InChI=1S/C56H100N8O35/c65-11-39(12-66)91-27-35(28-92-40(13-67)14-68)57-47(81)5-61(6-48(82)58-36(29-93-41(15-69)16-70)30-94-42(17-71)18-72)54(88)9-63(51(85)3-4-56(90)99-64-52(86)1-2-53(64)87)10-55(89)62(7-49(83)59-37(31-95-43(19-73)20-74)32-96-44(21-75)22-76)8-50(84)60-38(33-97-45(23-77)24-78)34-98-46(25-79)26-80/h35-46,65-80H,1-34H2,(H,57,81)(H,58,82)(H,59,83)(H,60,84). The maximum Gasteiger partial charge on any atom is 0.333 e. The molecule has 0 spiro atoms. The average molecular weight is 1450 g/mol. The number of hydrogen-bond acceptors (Lipinski definition) is 35. The van der Waals surface area contributed by atoms with Crippen LogP contribution in [0, 0.1) is 0 Å². The van der Waals surface area contributed by atoms with Crippen LogP contribution in [-0.2, 0) is 90.7 Å². The minimum Gasteiger partial charge on any atom is -0.394 e. The van der Waals surface area contributed by atoms with E-state index in [1.165, 1.54) is 0 Å². The molecule has 0 unspecified atom stereocenters. The molecule has 1 aliphatic rings. The van der Waals surface area contributed by atoms with Crippen molar-refractivity contribution in [3.63, 3.8) is 0 Å². The van der Waals surface area contributed by atoms with Crippen molar-refractivity contribution in [3.05, 3.63) is 0 Å². The number of nitrogens with zero attached hydrogens (tertiary/aromatic N) is 4. The number of hydrogen-bond donors (Lipinski definition) is 20. The highest BCUT2D eigenvalue weighted by Crippen LogP contribution is 2.14. The zero-order valence-corrected chi connectivity index (χ0v) is 54.7. The van der Waals surface area contributed by atoms with Gasteiger partial charge >= 0.3 is 5.97 Å². The summed E-state index contributed by atoms with van der Waals surface area (Å²) >= 11 is 0. The molecule has 1 fully saturated rings. The van der Waals surface area contributed by atoms with Gasteiger partial charge in [-0.2, -0.15) is 0 Å². The number of amides is 9. The number of rotatable bonds is 60. The quantitative estimate of drug-likeness (QED) is 0.0251. The molecule has 1 saturated heterocycles. The molecule has 43 heteroatoms. The summed E-state index contributed by atoms with van der Waals surface area (Å²) in [5.41, 5.74) is 0. The van der Waals surface area contributed by atoms with E-state index in [1.807, 2.05) is 0 Å². The van der Waals surface area contributed by atoms with E-state index in [1.54, 1.807) is 0 Å². The first-order valence-corrected chi connectivity index (χ1v) is 31.2. The van der Waals surface area contributed by atoms with E-state index in [0.29, 0.717) is 14.7 Å². The Hall–Kier alpha value is -6.06. The van der Waals surface area contributed by atoms with E-state index in [9.17, 15) is 130 Å². The smallest absolute Gasteiger partial charge is 0.333 e. The summed E-state index contributed by atoms with van der Waals surface area (Å²) in [6.45, 7) is -23.9. The summed E-state index contributed by atoms with van der Waals surface area (Å²) in [5.74, 6) is -12.1. The maximum atomic E-state index is 14.9. The van der Waals surface area contributed by atoms with Crippen LogP contribution in [-0.4, -0.2) is 431 Å². The van der Waals surface area contributed by atoms with Crippen molar-refractivity contribution in [2.45, 2.75) is 98.7 Å². The second kappa shape index (κ2) is 53.7. The first kappa shape index (κ1) is 91.0. The van der Waals surface area contributed by atoms with E-state index < -0.39 is 343 Å². The largest absolute Gasteiger partial charge is 0.394 e. The van der Waals surface area contributed by atoms with Gasteiger partial charge in [-0.15, -0.1) is 5.06 Å². The maximum absolute atomic E-state index is 14.9. The Morgan fingerprint density at radius 3 is 0.687 bits per heavy atom. The molecule has 43 nitrogen and oxygen atoms in total. The molecule has 0 atom stereocenters. The predicted octanol–water partition coefficient (Wildman–Crippen LogP) is -15.2. The lowest BCUT2D eigenvalue weighted by molar-refractivity contribution is -0.197. The van der Waals surface area contributed by atoms with Gasteiger partial charge in [-0.1, -0.05) is 0 Å². The fourth-order valence-electron chi connectivity index (χ4n) is 8.03. The molecule has 0 aromatic carbocycles. The van der Waals surface area contributed by atoms with Crippen LogP contribution >= 0.6 is 0 Å². The normalized spacial score (nSPS) is 12.8. The Bertz CT molecular complexity index is 2010. The highest BCUT2D eigenvalue weighted by molar-refractivity contribution is 6.02. The number of ether oxygens (including phenoxy) is 8. The Morgan fingerprint density at radius 1 is 0.303 bits per heavy atom. The van der Waals surface area contributed by atoms with Crippen LogP contribution in [0.15, 0.2) is 0 Å². The summed E-state index contributed by atoms with van der Waals surface area (Å²) in [7, 11) is 0. The molecule has 574 valence electrons. The van der Waals surface area contributed by atoms with Crippen LogP contribution in [0.2, 0.25) is 0 Å². The summed E-state index contributed by atoms with van der Waals surface area (Å²) in [5, 5.41) is 164. The lowest BCUT2D eigenvalue weighted by atomic mass is 10.2. The molecule has 99 heavy (non-hydrogen) atoms. The van der Waals surface area contributed by atoms with Gasteiger partial charge in [0.15, 0.2) is 0 Å². The fraction of sp³-hybridized carbons (Fsp3) is 0.821. The van der Waals surface area contributed by atoms with E-state index in [0.717, 1.165) is 0 Å². The van der Waals surface area contributed by atoms with E-state index in [-0.39, 0.29) is 17.9 Å². The fourth-order valence-corrected chi connectivity index (χ4v) is 8.03. The van der Waals surface area contributed by atoms with Crippen LogP contribution in [0.3, 0.4) is 0 Å². The Balaban J connectivity index is 4.24. The van der Waals surface area contributed by atoms with Gasteiger partial charge in [-0.05, 0) is 0 Å². The molecule has 0 aromatic heterocycles. The molecule has 1 aliphatic heterocycles. The van der Waals surface area contributed by atoms with Crippen molar-refractivity contribution in [1.29, 1.82) is 0 Å². The van der Waals surface area contributed by atoms with Crippen molar-refractivity contribution in [2.24, 2.45) is 0 Å². The molecule has 1 heterocycles. The second-order valence-electron chi connectivity index (χ2n) is 21.9. The zero-order valence-electron chi connectivity index (χ0n) is 54.7. The molecule has 9 amide bonds. The highest BCUT2D eigenvalue weighted by Gasteiger charge is 2.35. The van der Waals surface area contributed by atoms with Crippen LogP contribution in [0.25, 0.3) is 0 Å². The summed E-state index contributed by atoms with van der Waals surface area (Å²) in [6, 6.07) is -5.28. The minimum absolute atomic E-state index is 0.145. The lowest BCUT2D eigenvalue weighted by Gasteiger charge is -2.31. The topological polar surface area (TPSA) is 639 Å². The molecule has 0 aliphatic carbocycles. The Morgan fingerprint density at radius 2 is 0.495 bits per heavy atom. The molecule has 0 aromatic rings. The van der Waals surface area contributed by atoms with Gasteiger partial charge in [0.1, 0.15) is 88.1 Å². The molecular weight excluding hydrogens is 1340 g/mol. The van der Waals surface area contributed by atoms with Crippen LogP contribution < -0.4 is 21.3 Å². The number of carbonyl (C=O) groups is 10. The lowest BCUT2D eigenvalue weighted by Crippen LogP contribution is -2.55. The molecule has 0 saturated carbocycles. The first-order chi connectivity index (χ1) is 47.4. The highest BCUT2D eigenvalue weighted by atomic mass is 16.7. The number of carbonyl (C=O) groups excluding carboxylic acids is 10. The predicted molar refractivity (Wildman–Crippen MR) is 325 cm³/mol. The first-order valence-electron chi connectivity index (χ1n) is 31.2. The Kier molecular flexibility index (Phi) is 49.4. The van der Waals surface area contributed by atoms with Gasteiger partial charge in [-0.3, -0.25) is 43.2 Å². The number of aliphatic hydroxyl groups is 16. The number of imide groups is 1. The number of aliphatic hydroxyl groups excluding tert-OH is 16. The van der Waals surface area contributed by atoms with Crippen LogP contribution in [0.1, 0.15) is 25.7 Å². The third kappa shape index (κ3) is 38.0. The van der Waals surface area contributed by atoms with Crippen molar-refractivity contribution in [1.82, 2.24) is 41.0 Å². The van der Waals surface area contributed by atoms with Gasteiger partial charge in [-0.25, -0.2) is 4.79 Å². The molecule has 0 bridgehead atoms. The van der Waals surface area contributed by atoms with Gasteiger partial charge in [0.25, 0.3) is 11.8 Å². The second-order valence-corrected chi connectivity index (χ2v) is 21.9. The molecular formula is C56H100N8O35. The number of hydroxylamine groups is 2. The Labute approximate surface area is 567 Å². The zero-order chi connectivity index (χ0) is 74.2. The molecule has 1 rings (SSSR count). The van der Waals surface area contributed by atoms with E-state index in [2.05, 4.69) is 21.3 Å². The monoisotopic (exact) mass is 1440 g/mol. The SMILES string of the molecule is O=C(CN(CC(=O)NC(COC(CO)CO)COC(CO)CO)C(=O)CN(CC(=O)N(CC(=O)NC(COC(CO)CO)COC(CO)CO)CC(=O)NC(COC(CO)CO)COC(CO)CO)C(=O)CCC(=O)ON1C(=O)CCC1=O)NC(COC(CO)CO)COC(CO)CO. The van der Waals surface area contributed by atoms with Crippen molar-refractivity contribution in [2.75, 3.05) is 198 Å². The summed E-state index contributed by atoms with van der Waals surface area (Å²) < 4.78 is 43.7. The molecule has 0 radical (unpaired) electrons. The van der Waals surface area contributed by atoms with Gasteiger partial charge < -0.3 is 160 Å². The third-order valence-corrected chi connectivity index (χ3v) is 13.8. The van der Waals surface area contributed by atoms with Crippen molar-refractivity contribution in [3.8, 4) is 0 Å². The third-order valence-electron chi connectivity index (χ3n) is 13.8. The number of nitrogens with one attached hydrogen (secondary N) is 4. The van der Waals surface area contributed by atoms with E-state index in [4.69, 9.17) is 42.7 Å². The van der Waals surface area contributed by atoms with E-state index >= 15 is 0 Å². The van der Waals surface area contributed by atoms with Crippen LogP contribution in [0.5, 0.6) is 0 Å². The average Bonchev–Trinajstić information content (AvgIpc) is 1.70. The summed E-state index contributed by atoms with van der Waals surface area (Å²) in [4.78, 5) is 145. The molecule has 20 N–H and O–H groups in total. The van der Waals surface area contributed by atoms with Gasteiger partial charge in [0, 0.05) is 19.3 Å². The van der Waals surface area contributed by atoms with Gasteiger partial charge in [0.05, 0.1) is 189 Å². The van der Waals surface area contributed by atoms with Crippen LogP contribution in [0.4, 0.5) is 0 Å². The van der Waals surface area contributed by atoms with Crippen molar-refractivity contribution < 1.29 is 172 Å². The summed E-state index contributed by atoms with van der Waals surface area (Å²) in [6.07, 6.45) is -12.6. The van der Waals surface area contributed by atoms with Gasteiger partial charge in [0.2, 0.25) is 41.4 Å². The van der Waals surface area contributed by atoms with Crippen molar-refractivity contribution >= 4 is 59.1 Å². The minimum atomic E-state index is -1.41.